The number of carbonyl (C=O) groups excluding carboxylic acids is 4. The molecule has 0 saturated carbocycles. The molecule has 2 rings (SSSR count). The number of rotatable bonds is 6. The van der Waals surface area contributed by atoms with Crippen LogP contribution >= 0.6 is 0 Å². The van der Waals surface area contributed by atoms with Crippen molar-refractivity contribution in [1.82, 2.24) is 5.06 Å². The Labute approximate surface area is 139 Å². The highest BCUT2D eigenvalue weighted by Crippen LogP contribution is 2.28. The summed E-state index contributed by atoms with van der Waals surface area (Å²) >= 11 is 0. The van der Waals surface area contributed by atoms with Crippen LogP contribution in [0.1, 0.15) is 54.3 Å². The smallest absolute Gasteiger partial charge is 0.333 e. The zero-order valence-corrected chi connectivity index (χ0v) is 13.8. The summed E-state index contributed by atoms with van der Waals surface area (Å²) in [7, 11) is 0. The zero-order chi connectivity index (χ0) is 17.9. The van der Waals surface area contributed by atoms with Gasteiger partial charge in [0.05, 0.1) is 30.6 Å². The molecule has 1 aliphatic rings. The topological polar surface area (TPSA) is 90.0 Å². The lowest BCUT2D eigenvalue weighted by atomic mass is 9.86. The molecule has 1 heterocycles. The summed E-state index contributed by atoms with van der Waals surface area (Å²) in [6.45, 7) is 5.36. The maximum absolute atomic E-state index is 12.1. The third-order valence-corrected chi connectivity index (χ3v) is 3.50. The van der Waals surface area contributed by atoms with Gasteiger partial charge in [-0.3, -0.25) is 14.4 Å². The molecule has 1 aliphatic heterocycles. The largest absolute Gasteiger partial charge is 0.466 e. The maximum atomic E-state index is 12.1. The van der Waals surface area contributed by atoms with Gasteiger partial charge in [-0.1, -0.05) is 31.0 Å². The fourth-order valence-corrected chi connectivity index (χ4v) is 2.44. The van der Waals surface area contributed by atoms with E-state index in [0.717, 1.165) is 0 Å². The van der Waals surface area contributed by atoms with Crippen molar-refractivity contribution in [3.63, 3.8) is 0 Å². The van der Waals surface area contributed by atoms with E-state index in [1.165, 1.54) is 12.1 Å². The molecule has 1 aromatic rings. The van der Waals surface area contributed by atoms with Crippen molar-refractivity contribution in [1.29, 1.82) is 0 Å². The van der Waals surface area contributed by atoms with E-state index in [1.807, 2.05) is 0 Å². The molecule has 0 unspecified atom stereocenters. The number of imide groups is 1. The summed E-state index contributed by atoms with van der Waals surface area (Å²) in [4.78, 5) is 52.8. The molecule has 2 amide bonds. The Morgan fingerprint density at radius 2 is 1.50 bits per heavy atom. The first-order valence-corrected chi connectivity index (χ1v) is 7.59. The standard InChI is InChI=1S/C17H19NO6/c1-4-23-13(19)9-17(2,3)10-14(20)24-18-15(21)11-7-5-6-8-12(11)16(18)22/h5-8H,4,9-10H2,1-3H3. The van der Waals surface area contributed by atoms with Gasteiger partial charge in [-0.25, -0.2) is 4.79 Å². The molecule has 0 bridgehead atoms. The molecular weight excluding hydrogens is 314 g/mol. The Kier molecular flexibility index (Phi) is 5.02. The zero-order valence-electron chi connectivity index (χ0n) is 13.8. The van der Waals surface area contributed by atoms with E-state index in [0.29, 0.717) is 5.06 Å². The normalized spacial score (nSPS) is 13.7. The number of benzene rings is 1. The van der Waals surface area contributed by atoms with Crippen molar-refractivity contribution >= 4 is 23.8 Å². The average Bonchev–Trinajstić information content (AvgIpc) is 2.72. The first-order chi connectivity index (χ1) is 11.2. The second kappa shape index (κ2) is 6.82. The van der Waals surface area contributed by atoms with Crippen molar-refractivity contribution in [3.05, 3.63) is 35.4 Å². The van der Waals surface area contributed by atoms with Crippen LogP contribution in [-0.2, 0) is 19.2 Å². The number of hydroxylamine groups is 2. The number of nitrogens with zero attached hydrogens (tertiary/aromatic N) is 1. The molecule has 0 aliphatic carbocycles. The molecule has 0 aromatic heterocycles. The van der Waals surface area contributed by atoms with Gasteiger partial charge in [0, 0.05) is 0 Å². The van der Waals surface area contributed by atoms with Crippen LogP contribution in [0.2, 0.25) is 0 Å². The minimum absolute atomic E-state index is 0.0259. The summed E-state index contributed by atoms with van der Waals surface area (Å²) in [5.41, 5.74) is -0.329. The van der Waals surface area contributed by atoms with Crippen molar-refractivity contribution in [2.24, 2.45) is 5.41 Å². The van der Waals surface area contributed by atoms with Crippen LogP contribution < -0.4 is 0 Å². The summed E-state index contributed by atoms with van der Waals surface area (Å²) < 4.78 is 4.86. The van der Waals surface area contributed by atoms with Crippen LogP contribution in [0.3, 0.4) is 0 Å². The molecule has 1 aromatic carbocycles. The third kappa shape index (κ3) is 3.79. The van der Waals surface area contributed by atoms with Gasteiger partial charge in [-0.15, -0.1) is 0 Å². The van der Waals surface area contributed by atoms with Crippen LogP contribution in [0.5, 0.6) is 0 Å². The minimum atomic E-state index is -0.765. The van der Waals surface area contributed by atoms with Crippen molar-refractivity contribution in [2.45, 2.75) is 33.6 Å². The van der Waals surface area contributed by atoms with Gasteiger partial charge in [0.2, 0.25) is 0 Å². The fraction of sp³-hybridized carbons (Fsp3) is 0.412. The highest BCUT2D eigenvalue weighted by molar-refractivity contribution is 6.20. The van der Waals surface area contributed by atoms with Gasteiger partial charge < -0.3 is 9.57 Å². The van der Waals surface area contributed by atoms with Crippen molar-refractivity contribution in [2.75, 3.05) is 6.61 Å². The first kappa shape index (κ1) is 17.7. The number of amides is 2. The molecular formula is C17H19NO6. The Morgan fingerprint density at radius 1 is 1.00 bits per heavy atom. The molecule has 128 valence electrons. The van der Waals surface area contributed by atoms with Gasteiger partial charge in [0.1, 0.15) is 0 Å². The predicted octanol–water partition coefficient (Wildman–Crippen LogP) is 2.11. The molecule has 0 atom stereocenters. The number of hydrogen-bond acceptors (Lipinski definition) is 6. The second-order valence-electron chi connectivity index (χ2n) is 6.24. The van der Waals surface area contributed by atoms with E-state index in [9.17, 15) is 19.2 Å². The highest BCUT2D eigenvalue weighted by atomic mass is 16.7. The van der Waals surface area contributed by atoms with Crippen LogP contribution in [0.4, 0.5) is 0 Å². The summed E-state index contributed by atoms with van der Waals surface area (Å²) in [5.74, 6) is -2.53. The Bertz CT molecular complexity index is 659. The van der Waals surface area contributed by atoms with E-state index >= 15 is 0 Å². The lowest BCUT2D eigenvalue weighted by Crippen LogP contribution is -2.34. The van der Waals surface area contributed by atoms with E-state index < -0.39 is 29.2 Å². The van der Waals surface area contributed by atoms with E-state index in [4.69, 9.17) is 9.57 Å². The quantitative estimate of drug-likeness (QED) is 0.585. The Hall–Kier alpha value is -2.70. The average molecular weight is 333 g/mol. The summed E-state index contributed by atoms with van der Waals surface area (Å²) in [6.07, 6.45) is -0.114. The van der Waals surface area contributed by atoms with Crippen molar-refractivity contribution < 1.29 is 28.8 Å². The number of esters is 1. The number of ether oxygens (including phenoxy) is 1. The lowest BCUT2D eigenvalue weighted by molar-refractivity contribution is -0.171. The molecule has 24 heavy (non-hydrogen) atoms. The van der Waals surface area contributed by atoms with Crippen LogP contribution in [0, 0.1) is 5.41 Å². The molecule has 0 N–H and O–H groups in total. The molecule has 0 saturated heterocycles. The summed E-state index contributed by atoms with van der Waals surface area (Å²) in [5, 5.41) is 0.466. The van der Waals surface area contributed by atoms with Crippen LogP contribution in [0.15, 0.2) is 24.3 Å². The highest BCUT2D eigenvalue weighted by Gasteiger charge is 2.39. The third-order valence-electron chi connectivity index (χ3n) is 3.50. The molecule has 7 nitrogen and oxygen atoms in total. The van der Waals surface area contributed by atoms with Gasteiger partial charge in [-0.2, -0.15) is 0 Å². The fourth-order valence-electron chi connectivity index (χ4n) is 2.44. The SMILES string of the molecule is CCOC(=O)CC(C)(C)CC(=O)ON1C(=O)c2ccccc2C1=O. The van der Waals surface area contributed by atoms with E-state index in [-0.39, 0.29) is 30.6 Å². The molecule has 0 radical (unpaired) electrons. The van der Waals surface area contributed by atoms with Crippen LogP contribution in [-0.4, -0.2) is 35.4 Å². The number of carbonyl (C=O) groups is 4. The Morgan fingerprint density at radius 3 is 2.00 bits per heavy atom. The number of hydrogen-bond donors (Lipinski definition) is 0. The number of fused-ring (bicyclic) bond motifs is 1. The second-order valence-corrected chi connectivity index (χ2v) is 6.24. The maximum Gasteiger partial charge on any atom is 0.333 e. The molecule has 0 spiro atoms. The lowest BCUT2D eigenvalue weighted by Gasteiger charge is -2.23. The van der Waals surface area contributed by atoms with Crippen molar-refractivity contribution in [3.8, 4) is 0 Å². The Balaban J connectivity index is 1.99. The molecule has 7 heteroatoms. The predicted molar refractivity (Wildman–Crippen MR) is 82.7 cm³/mol. The monoisotopic (exact) mass is 333 g/mol. The van der Waals surface area contributed by atoms with Gasteiger partial charge >= 0.3 is 11.9 Å². The van der Waals surface area contributed by atoms with Gasteiger partial charge in [0.25, 0.3) is 11.8 Å². The van der Waals surface area contributed by atoms with E-state index in [2.05, 4.69) is 0 Å². The minimum Gasteiger partial charge on any atom is -0.466 e. The van der Waals surface area contributed by atoms with Gasteiger partial charge in [0.15, 0.2) is 0 Å². The summed E-state index contributed by atoms with van der Waals surface area (Å²) in [6, 6.07) is 6.23. The molecule has 0 fully saturated rings. The van der Waals surface area contributed by atoms with Crippen LogP contribution in [0.25, 0.3) is 0 Å². The van der Waals surface area contributed by atoms with Gasteiger partial charge in [-0.05, 0) is 24.5 Å². The van der Waals surface area contributed by atoms with E-state index in [1.54, 1.807) is 32.9 Å². The first-order valence-electron chi connectivity index (χ1n) is 7.59.